The topological polar surface area (TPSA) is 138 Å². The van der Waals surface area contributed by atoms with Crippen LogP contribution in [-0.2, 0) is 21.2 Å². The van der Waals surface area contributed by atoms with Gasteiger partial charge in [0.1, 0.15) is 18.4 Å². The summed E-state index contributed by atoms with van der Waals surface area (Å²) >= 11 is 0. The molecule has 0 spiro atoms. The summed E-state index contributed by atoms with van der Waals surface area (Å²) in [6, 6.07) is -0.790. The fourth-order valence-electron chi connectivity index (χ4n) is 1.74. The highest BCUT2D eigenvalue weighted by Gasteiger charge is 2.17. The van der Waals surface area contributed by atoms with Gasteiger partial charge in [0.15, 0.2) is 6.29 Å². The summed E-state index contributed by atoms with van der Waals surface area (Å²) in [6.45, 7) is 1.89. The summed E-state index contributed by atoms with van der Waals surface area (Å²) in [6.07, 6.45) is 3.80. The van der Waals surface area contributed by atoms with Gasteiger partial charge in [0.25, 0.3) is 0 Å². The third kappa shape index (κ3) is 5.06. The Morgan fingerprint density at radius 3 is 2.86 bits per heavy atom. The van der Waals surface area contributed by atoms with Gasteiger partial charge in [-0.05, 0) is 26.3 Å². The Morgan fingerprint density at radius 1 is 1.50 bits per heavy atom. The van der Waals surface area contributed by atoms with Gasteiger partial charge in [-0.15, -0.1) is 0 Å². The fourth-order valence-corrected chi connectivity index (χ4v) is 1.74. The summed E-state index contributed by atoms with van der Waals surface area (Å²) in [4.78, 5) is 35.8. The molecule has 0 aliphatic carbocycles. The lowest BCUT2D eigenvalue weighted by Crippen LogP contribution is -2.32. The van der Waals surface area contributed by atoms with Crippen LogP contribution in [0.5, 0.6) is 5.75 Å². The van der Waals surface area contributed by atoms with Crippen LogP contribution in [0.4, 0.5) is 0 Å². The van der Waals surface area contributed by atoms with Crippen LogP contribution < -0.4 is 11.5 Å². The van der Waals surface area contributed by atoms with E-state index >= 15 is 0 Å². The first kappa shape index (κ1) is 18.0. The molecule has 1 heterocycles. The normalized spacial score (nSPS) is 12.0. The molecule has 0 aromatic carbocycles. The first-order valence-electron chi connectivity index (χ1n) is 6.92. The lowest BCUT2D eigenvalue weighted by atomic mass is 10.1. The largest absolute Gasteiger partial charge is 0.505 e. The van der Waals surface area contributed by atoms with Gasteiger partial charge in [0.05, 0.1) is 11.3 Å². The molecule has 1 aromatic rings. The minimum atomic E-state index is -0.790. The van der Waals surface area contributed by atoms with E-state index in [1.54, 1.807) is 6.92 Å². The smallest absolute Gasteiger partial charge is 0.358 e. The fraction of sp³-hybridized carbons (Fsp3) is 0.500. The second-order valence-corrected chi connectivity index (χ2v) is 4.80. The molecular formula is C14H21N3O5. The summed E-state index contributed by atoms with van der Waals surface area (Å²) in [5.74, 6) is -0.921. The Labute approximate surface area is 128 Å². The van der Waals surface area contributed by atoms with Crippen LogP contribution in [0, 0.1) is 6.92 Å². The van der Waals surface area contributed by atoms with E-state index in [0.717, 1.165) is 12.8 Å². The van der Waals surface area contributed by atoms with Crippen LogP contribution >= 0.6 is 0 Å². The van der Waals surface area contributed by atoms with Crippen molar-refractivity contribution in [1.29, 1.82) is 0 Å². The van der Waals surface area contributed by atoms with E-state index in [0.29, 0.717) is 30.5 Å². The number of nitrogens with two attached hydrogens (primary N) is 2. The van der Waals surface area contributed by atoms with Crippen LogP contribution in [-0.4, -0.2) is 34.9 Å². The highest BCUT2D eigenvalue weighted by atomic mass is 17.2. The van der Waals surface area contributed by atoms with Crippen molar-refractivity contribution in [2.24, 2.45) is 11.5 Å². The van der Waals surface area contributed by atoms with Gasteiger partial charge in [0, 0.05) is 11.8 Å². The Morgan fingerprint density at radius 2 is 2.23 bits per heavy atom. The zero-order valence-electron chi connectivity index (χ0n) is 12.4. The van der Waals surface area contributed by atoms with Crippen molar-refractivity contribution < 1.29 is 24.5 Å². The number of aromatic hydroxyl groups is 1. The standard InChI is InChI=1S/C14H21N3O5/c1-9-13(19)11(7-18)10(6-17-9)8-21-22-14(20)12(16)4-2-3-5-15/h6-7,12,19H,2-5,8,15-16H2,1H3/t12-/m0/s1. The Kier molecular flexibility index (Phi) is 7.44. The first-order chi connectivity index (χ1) is 10.5. The van der Waals surface area contributed by atoms with Crippen molar-refractivity contribution in [3.05, 3.63) is 23.0 Å². The average molecular weight is 311 g/mol. The molecule has 0 aliphatic rings. The molecule has 0 saturated carbocycles. The Balaban J connectivity index is 2.49. The van der Waals surface area contributed by atoms with E-state index in [-0.39, 0.29) is 17.9 Å². The maximum Gasteiger partial charge on any atom is 0.358 e. The Hall–Kier alpha value is -2.03. The summed E-state index contributed by atoms with van der Waals surface area (Å²) < 4.78 is 0. The van der Waals surface area contributed by atoms with Crippen molar-refractivity contribution in [3.8, 4) is 5.75 Å². The Bertz CT molecular complexity index is 521. The van der Waals surface area contributed by atoms with E-state index < -0.39 is 12.0 Å². The average Bonchev–Trinajstić information content (AvgIpc) is 2.51. The molecular weight excluding hydrogens is 290 g/mol. The van der Waals surface area contributed by atoms with E-state index in [4.69, 9.17) is 16.4 Å². The van der Waals surface area contributed by atoms with Crippen LogP contribution in [0.25, 0.3) is 0 Å². The molecule has 0 amide bonds. The second kappa shape index (κ2) is 9.08. The second-order valence-electron chi connectivity index (χ2n) is 4.80. The third-order valence-corrected chi connectivity index (χ3v) is 3.10. The monoisotopic (exact) mass is 311 g/mol. The third-order valence-electron chi connectivity index (χ3n) is 3.10. The van der Waals surface area contributed by atoms with E-state index in [1.165, 1.54) is 6.20 Å². The molecule has 0 fully saturated rings. The number of rotatable bonds is 9. The van der Waals surface area contributed by atoms with Gasteiger partial charge >= 0.3 is 5.97 Å². The van der Waals surface area contributed by atoms with Crippen LogP contribution in [0.1, 0.15) is 40.9 Å². The SMILES string of the molecule is Cc1ncc(COOC(=O)[C@@H](N)CCCCN)c(C=O)c1O. The molecule has 0 unspecified atom stereocenters. The minimum absolute atomic E-state index is 0.0517. The zero-order chi connectivity index (χ0) is 16.5. The number of nitrogens with zero attached hydrogens (tertiary/aromatic N) is 1. The molecule has 0 aliphatic heterocycles. The molecule has 8 nitrogen and oxygen atoms in total. The minimum Gasteiger partial charge on any atom is -0.505 e. The molecule has 8 heteroatoms. The van der Waals surface area contributed by atoms with Gasteiger partial charge in [-0.1, -0.05) is 6.42 Å². The van der Waals surface area contributed by atoms with Gasteiger partial charge in [-0.3, -0.25) is 14.7 Å². The maximum absolute atomic E-state index is 11.6. The highest BCUT2D eigenvalue weighted by molar-refractivity contribution is 5.81. The molecule has 1 rings (SSSR count). The van der Waals surface area contributed by atoms with Crippen LogP contribution in [0.2, 0.25) is 0 Å². The molecule has 0 radical (unpaired) electrons. The zero-order valence-corrected chi connectivity index (χ0v) is 12.4. The summed E-state index contributed by atoms with van der Waals surface area (Å²) in [5, 5.41) is 9.71. The van der Waals surface area contributed by atoms with Gasteiger partial charge in [0.2, 0.25) is 0 Å². The number of aryl methyl sites for hydroxylation is 1. The molecule has 0 saturated heterocycles. The number of hydrogen-bond acceptors (Lipinski definition) is 8. The summed E-state index contributed by atoms with van der Waals surface area (Å²) in [5.41, 5.74) is 11.7. The van der Waals surface area contributed by atoms with Gasteiger partial charge < -0.3 is 16.6 Å². The van der Waals surface area contributed by atoms with Crippen LogP contribution in [0.3, 0.4) is 0 Å². The summed E-state index contributed by atoms with van der Waals surface area (Å²) in [7, 11) is 0. The molecule has 1 aromatic heterocycles. The van der Waals surface area contributed by atoms with Crippen molar-refractivity contribution in [2.45, 2.75) is 38.8 Å². The lowest BCUT2D eigenvalue weighted by molar-refractivity contribution is -0.281. The van der Waals surface area contributed by atoms with Crippen molar-refractivity contribution in [2.75, 3.05) is 6.54 Å². The lowest BCUT2D eigenvalue weighted by Gasteiger charge is -2.11. The number of carbonyl (C=O) groups is 2. The number of unbranched alkanes of at least 4 members (excludes halogenated alkanes) is 1. The predicted octanol–water partition coefficient (Wildman–Crippen LogP) is 0.339. The van der Waals surface area contributed by atoms with Gasteiger partial charge in [-0.2, -0.15) is 4.89 Å². The van der Waals surface area contributed by atoms with Crippen molar-refractivity contribution in [1.82, 2.24) is 4.98 Å². The number of aromatic nitrogens is 1. The molecule has 122 valence electrons. The molecule has 1 atom stereocenters. The molecule has 5 N–H and O–H groups in total. The van der Waals surface area contributed by atoms with Crippen molar-refractivity contribution in [3.63, 3.8) is 0 Å². The van der Waals surface area contributed by atoms with E-state index in [2.05, 4.69) is 9.87 Å². The maximum atomic E-state index is 11.6. The first-order valence-corrected chi connectivity index (χ1v) is 6.92. The quantitative estimate of drug-likeness (QED) is 0.257. The number of aldehydes is 1. The van der Waals surface area contributed by atoms with Crippen molar-refractivity contribution >= 4 is 12.3 Å². The number of hydrogen-bond donors (Lipinski definition) is 3. The van der Waals surface area contributed by atoms with E-state index in [1.807, 2.05) is 0 Å². The van der Waals surface area contributed by atoms with Gasteiger partial charge in [-0.25, -0.2) is 4.79 Å². The molecule has 0 bridgehead atoms. The molecule has 22 heavy (non-hydrogen) atoms. The van der Waals surface area contributed by atoms with E-state index in [9.17, 15) is 14.7 Å². The predicted molar refractivity (Wildman–Crippen MR) is 77.8 cm³/mol. The van der Waals surface area contributed by atoms with Crippen LogP contribution in [0.15, 0.2) is 6.20 Å². The number of carbonyl (C=O) groups excluding carboxylic acids is 2. The number of pyridine rings is 1. The highest BCUT2D eigenvalue weighted by Crippen LogP contribution is 2.22.